The van der Waals surface area contributed by atoms with Crippen LogP contribution in [0.3, 0.4) is 0 Å². The molecule has 0 amide bonds. The summed E-state index contributed by atoms with van der Waals surface area (Å²) in [5.74, 6) is 0. The average molecular weight is 191 g/mol. The Balaban J connectivity index is 0. The van der Waals surface area contributed by atoms with E-state index in [2.05, 4.69) is 0 Å². The van der Waals surface area contributed by atoms with E-state index in [1.54, 1.807) is 0 Å². The molecule has 0 saturated carbocycles. The first-order valence-corrected chi connectivity index (χ1v) is 0. The second kappa shape index (κ2) is 49.2. The van der Waals surface area contributed by atoms with E-state index >= 15 is 0 Å². The topological polar surface area (TPSA) is 0 Å². The van der Waals surface area contributed by atoms with Crippen molar-refractivity contribution in [2.45, 2.75) is 0 Å². The zero-order valence-corrected chi connectivity index (χ0v) is 8.16. The molecule has 6 heavy (non-hydrogen) atoms. The summed E-state index contributed by atoms with van der Waals surface area (Å²) in [5.41, 5.74) is 0. The summed E-state index contributed by atoms with van der Waals surface area (Å²) in [7, 11) is 0. The molecule has 32 valence electrons. The molecule has 0 aliphatic heterocycles. The Morgan fingerprint density at radius 3 is 0.500 bits per heavy atom. The summed E-state index contributed by atoms with van der Waals surface area (Å²) in [5, 5.41) is 0. The normalized spacial score (nSPS) is 0. The molecule has 0 fully saturated rings. The molecule has 0 heterocycles. The van der Waals surface area contributed by atoms with Gasteiger partial charge in [0.25, 0.3) is 0 Å². The van der Waals surface area contributed by atoms with Gasteiger partial charge in [0.1, 0.15) is 0 Å². The van der Waals surface area contributed by atoms with Crippen LogP contribution in [0, 0.1) is 0 Å². The minimum absolute atomic E-state index is 0. The van der Waals surface area contributed by atoms with Gasteiger partial charge in [-0.25, -0.2) is 0 Å². The molecular weight excluding hydrogens is 191 g/mol. The van der Waals surface area contributed by atoms with Gasteiger partial charge in [0.05, 0.1) is 0 Å². The maximum absolute atomic E-state index is 0. The summed E-state index contributed by atoms with van der Waals surface area (Å²) in [6, 6.07) is 0. The number of hydrogen-bond donors (Lipinski definition) is 0. The standard InChI is InChI=1S/Be.Ca.4ClH/h;;4*1H/q2*+2;;;;/p-4. The van der Waals surface area contributed by atoms with Gasteiger partial charge in [0.15, 0.2) is 0 Å². The molecule has 0 aliphatic carbocycles. The quantitative estimate of drug-likeness (QED) is 0.333. The van der Waals surface area contributed by atoms with Gasteiger partial charge in [0.2, 0.25) is 0 Å². The molecular formula is BeCaCl4. The number of hydrogen-bond acceptors (Lipinski definition) is 0. The SMILES string of the molecule is [Be+2].[Ca+2].[Cl-].[Cl-].[Cl-].[Cl-]. The van der Waals surface area contributed by atoms with E-state index in [0.717, 1.165) is 0 Å². The Hall–Kier alpha value is 2.59. The van der Waals surface area contributed by atoms with Gasteiger partial charge in [-0.2, -0.15) is 0 Å². The molecule has 0 aromatic heterocycles. The smallest absolute Gasteiger partial charge is 1.00 e. The first kappa shape index (κ1) is 73.8. The maximum Gasteiger partial charge on any atom is 2.00 e. The van der Waals surface area contributed by atoms with Crippen LogP contribution in [-0.2, 0) is 0 Å². The summed E-state index contributed by atoms with van der Waals surface area (Å²) in [4.78, 5) is 0. The molecule has 0 bridgehead atoms. The van der Waals surface area contributed by atoms with Crippen LogP contribution in [-0.4, -0.2) is 47.9 Å². The van der Waals surface area contributed by atoms with Crippen molar-refractivity contribution in [2.75, 3.05) is 0 Å². The van der Waals surface area contributed by atoms with Crippen LogP contribution < -0.4 is 49.6 Å². The summed E-state index contributed by atoms with van der Waals surface area (Å²) < 4.78 is 0. The third kappa shape index (κ3) is 30.7. The van der Waals surface area contributed by atoms with Crippen molar-refractivity contribution in [3.63, 3.8) is 0 Å². The second-order valence-electron chi connectivity index (χ2n) is 0. The largest absolute Gasteiger partial charge is 2.00 e. The molecule has 0 rings (SSSR count). The van der Waals surface area contributed by atoms with Crippen molar-refractivity contribution in [3.05, 3.63) is 0 Å². The van der Waals surface area contributed by atoms with E-state index in [0.29, 0.717) is 0 Å². The van der Waals surface area contributed by atoms with Crippen LogP contribution in [0.25, 0.3) is 0 Å². The van der Waals surface area contributed by atoms with Crippen LogP contribution in [0.1, 0.15) is 0 Å². The van der Waals surface area contributed by atoms with Crippen LogP contribution in [0.5, 0.6) is 0 Å². The molecule has 0 aromatic carbocycles. The number of rotatable bonds is 0. The van der Waals surface area contributed by atoms with Gasteiger partial charge >= 0.3 is 47.9 Å². The third-order valence-electron chi connectivity index (χ3n) is 0. The monoisotopic (exact) mass is 189 g/mol. The Morgan fingerprint density at radius 1 is 0.500 bits per heavy atom. The summed E-state index contributed by atoms with van der Waals surface area (Å²) >= 11 is 0. The predicted molar refractivity (Wildman–Crippen MR) is 11.5 cm³/mol. The fourth-order valence-corrected chi connectivity index (χ4v) is 0. The van der Waals surface area contributed by atoms with Crippen LogP contribution in [0.4, 0.5) is 0 Å². The molecule has 0 unspecified atom stereocenters. The third-order valence-corrected chi connectivity index (χ3v) is 0. The Bertz CT molecular complexity index is 7.51. The minimum atomic E-state index is 0. The van der Waals surface area contributed by atoms with E-state index in [1.165, 1.54) is 0 Å². The molecule has 0 aliphatic rings. The molecule has 0 radical (unpaired) electrons. The van der Waals surface area contributed by atoms with Crippen molar-refractivity contribution in [1.29, 1.82) is 0 Å². The van der Waals surface area contributed by atoms with Crippen LogP contribution in [0.15, 0.2) is 0 Å². The zero-order valence-electron chi connectivity index (χ0n) is 2.93. The molecule has 6 heteroatoms. The van der Waals surface area contributed by atoms with Crippen molar-refractivity contribution >= 4 is 47.9 Å². The van der Waals surface area contributed by atoms with Crippen molar-refractivity contribution < 1.29 is 49.6 Å². The fraction of sp³-hybridized carbons (Fsp3) is 0. The second-order valence-corrected chi connectivity index (χ2v) is 0. The van der Waals surface area contributed by atoms with Crippen molar-refractivity contribution in [3.8, 4) is 0 Å². The van der Waals surface area contributed by atoms with Gasteiger partial charge < -0.3 is 49.6 Å². The Kier molecular flexibility index (Phi) is 605. The molecule has 0 nitrogen and oxygen atoms in total. The van der Waals surface area contributed by atoms with Gasteiger partial charge in [0, 0.05) is 0 Å². The predicted octanol–water partition coefficient (Wildman–Crippen LogP) is -12.7. The Labute approximate surface area is 96.1 Å². The molecule has 0 spiro atoms. The van der Waals surface area contributed by atoms with E-state index in [-0.39, 0.29) is 97.5 Å². The van der Waals surface area contributed by atoms with E-state index in [9.17, 15) is 0 Å². The van der Waals surface area contributed by atoms with Gasteiger partial charge in [-0.15, -0.1) is 0 Å². The van der Waals surface area contributed by atoms with Gasteiger partial charge in [-0.1, -0.05) is 0 Å². The molecule has 0 N–H and O–H groups in total. The van der Waals surface area contributed by atoms with Crippen LogP contribution in [0.2, 0.25) is 0 Å². The van der Waals surface area contributed by atoms with Crippen molar-refractivity contribution in [1.82, 2.24) is 0 Å². The van der Waals surface area contributed by atoms with Gasteiger partial charge in [-0.05, 0) is 0 Å². The molecule has 0 aromatic rings. The van der Waals surface area contributed by atoms with Crippen molar-refractivity contribution in [2.24, 2.45) is 0 Å². The minimum Gasteiger partial charge on any atom is -1.00 e. The maximum atomic E-state index is 0. The Morgan fingerprint density at radius 2 is 0.500 bits per heavy atom. The van der Waals surface area contributed by atoms with E-state index in [1.807, 2.05) is 0 Å². The zero-order chi connectivity index (χ0) is 0. The summed E-state index contributed by atoms with van der Waals surface area (Å²) in [6.45, 7) is 0. The number of halogens is 4. The van der Waals surface area contributed by atoms with Crippen LogP contribution >= 0.6 is 0 Å². The fourth-order valence-electron chi connectivity index (χ4n) is 0. The van der Waals surface area contributed by atoms with E-state index in [4.69, 9.17) is 0 Å². The molecule has 0 saturated heterocycles. The van der Waals surface area contributed by atoms with Gasteiger partial charge in [-0.3, -0.25) is 0 Å². The van der Waals surface area contributed by atoms with E-state index < -0.39 is 0 Å². The summed E-state index contributed by atoms with van der Waals surface area (Å²) in [6.07, 6.45) is 0. The average Bonchev–Trinajstić information content (AvgIpc) is 0. The molecule has 0 atom stereocenters. The first-order valence-electron chi connectivity index (χ1n) is 0. The first-order chi connectivity index (χ1) is 0.